The van der Waals surface area contributed by atoms with Gasteiger partial charge in [-0.05, 0) is 36.8 Å². The highest BCUT2D eigenvalue weighted by Gasteiger charge is 2.38. The van der Waals surface area contributed by atoms with Crippen molar-refractivity contribution in [3.8, 4) is 0 Å². The Labute approximate surface area is 178 Å². The number of aromatic nitrogens is 2. The number of nitrogens with zero attached hydrogens (tertiary/aromatic N) is 3. The van der Waals surface area contributed by atoms with E-state index in [-0.39, 0.29) is 11.4 Å². The van der Waals surface area contributed by atoms with Gasteiger partial charge in [0, 0.05) is 31.6 Å². The lowest BCUT2D eigenvalue weighted by atomic mass is 9.78. The van der Waals surface area contributed by atoms with Crippen molar-refractivity contribution in [2.75, 3.05) is 36.9 Å². The molecule has 0 unspecified atom stereocenters. The number of benzene rings is 1. The zero-order valence-electron chi connectivity index (χ0n) is 15.6. The molecule has 150 valence electrons. The maximum Gasteiger partial charge on any atom is 0.270 e. The van der Waals surface area contributed by atoms with Crippen LogP contribution in [0.1, 0.15) is 19.3 Å². The minimum Gasteiger partial charge on any atom is -0.382 e. The Morgan fingerprint density at radius 2 is 2.00 bits per heavy atom. The summed E-state index contributed by atoms with van der Waals surface area (Å²) < 4.78 is 7.17. The van der Waals surface area contributed by atoms with Crippen molar-refractivity contribution >= 4 is 46.7 Å². The normalized spacial score (nSPS) is 18.8. The van der Waals surface area contributed by atoms with E-state index in [0.29, 0.717) is 31.2 Å². The lowest BCUT2D eigenvalue weighted by Crippen LogP contribution is -2.43. The van der Waals surface area contributed by atoms with E-state index in [2.05, 4.69) is 9.88 Å². The average molecular weight is 441 g/mol. The Balaban J connectivity index is 1.60. The van der Waals surface area contributed by atoms with E-state index in [1.807, 2.05) is 0 Å². The lowest BCUT2D eigenvalue weighted by Gasteiger charge is -2.39. The molecule has 0 atom stereocenters. The van der Waals surface area contributed by atoms with Crippen LogP contribution in [0.25, 0.3) is 0 Å². The highest BCUT2D eigenvalue weighted by molar-refractivity contribution is 7.99. The van der Waals surface area contributed by atoms with Crippen LogP contribution >= 0.6 is 35.0 Å². The minimum atomic E-state index is -0.187. The molecule has 9 heteroatoms. The molecule has 0 aliphatic carbocycles. The second-order valence-corrected chi connectivity index (χ2v) is 9.27. The fourth-order valence-electron chi connectivity index (χ4n) is 3.86. The van der Waals surface area contributed by atoms with Crippen LogP contribution in [0.15, 0.2) is 32.8 Å². The van der Waals surface area contributed by atoms with Crippen molar-refractivity contribution in [2.45, 2.75) is 29.1 Å². The second kappa shape index (κ2) is 7.78. The largest absolute Gasteiger partial charge is 0.382 e. The van der Waals surface area contributed by atoms with Crippen molar-refractivity contribution in [1.82, 2.24) is 9.55 Å². The number of halogens is 2. The summed E-state index contributed by atoms with van der Waals surface area (Å²) in [4.78, 5) is 20.7. The third kappa shape index (κ3) is 3.61. The number of ether oxygens (including phenoxy) is 1. The van der Waals surface area contributed by atoms with Crippen LogP contribution in [-0.2, 0) is 11.8 Å². The molecule has 0 saturated carbocycles. The molecule has 28 heavy (non-hydrogen) atoms. The molecular formula is C19H22Cl2N4O2S. The molecule has 1 aromatic heterocycles. The van der Waals surface area contributed by atoms with Crippen molar-refractivity contribution in [3.63, 3.8) is 0 Å². The molecule has 2 aliphatic rings. The minimum absolute atomic E-state index is 0.187. The summed E-state index contributed by atoms with van der Waals surface area (Å²) in [5.41, 5.74) is 6.29. The molecule has 2 aromatic rings. The highest BCUT2D eigenvalue weighted by Crippen LogP contribution is 2.41. The van der Waals surface area contributed by atoms with E-state index >= 15 is 0 Å². The SMILES string of the molecule is Cn1c(N2CCC3(CCOC3)CC2)nc(N)c(Sc2cccc(Cl)c2Cl)c1=O. The molecule has 2 fully saturated rings. The quantitative estimate of drug-likeness (QED) is 0.781. The number of hydrogen-bond acceptors (Lipinski definition) is 6. The van der Waals surface area contributed by atoms with Gasteiger partial charge in [0.2, 0.25) is 5.95 Å². The third-order valence-electron chi connectivity index (χ3n) is 5.67. The van der Waals surface area contributed by atoms with Gasteiger partial charge in [-0.1, -0.05) is 41.0 Å². The molecule has 2 aliphatic heterocycles. The van der Waals surface area contributed by atoms with Gasteiger partial charge in [0.05, 0.1) is 16.7 Å². The first kappa shape index (κ1) is 19.9. The summed E-state index contributed by atoms with van der Waals surface area (Å²) in [5.74, 6) is 0.821. The summed E-state index contributed by atoms with van der Waals surface area (Å²) in [6.07, 6.45) is 3.19. The molecule has 2 N–H and O–H groups in total. The number of nitrogen functional groups attached to an aromatic ring is 1. The first-order valence-electron chi connectivity index (χ1n) is 9.21. The van der Waals surface area contributed by atoms with E-state index in [4.69, 9.17) is 33.7 Å². The van der Waals surface area contributed by atoms with E-state index in [1.165, 1.54) is 11.8 Å². The molecule has 4 rings (SSSR count). The molecule has 3 heterocycles. The lowest BCUT2D eigenvalue weighted by molar-refractivity contribution is 0.133. The van der Waals surface area contributed by atoms with E-state index in [0.717, 1.165) is 45.6 Å². The fourth-order valence-corrected chi connectivity index (χ4v) is 5.28. The van der Waals surface area contributed by atoms with Crippen LogP contribution in [0.2, 0.25) is 10.0 Å². The van der Waals surface area contributed by atoms with Crippen molar-refractivity contribution < 1.29 is 4.74 Å². The summed E-state index contributed by atoms with van der Waals surface area (Å²) in [7, 11) is 1.73. The monoisotopic (exact) mass is 440 g/mol. The Bertz CT molecular complexity index is 950. The van der Waals surface area contributed by atoms with Gasteiger partial charge < -0.3 is 15.4 Å². The molecule has 6 nitrogen and oxygen atoms in total. The zero-order valence-corrected chi connectivity index (χ0v) is 17.9. The van der Waals surface area contributed by atoms with E-state index < -0.39 is 0 Å². The number of hydrogen-bond donors (Lipinski definition) is 1. The maximum atomic E-state index is 13.0. The summed E-state index contributed by atoms with van der Waals surface area (Å²) in [5, 5.41) is 0.838. The summed E-state index contributed by atoms with van der Waals surface area (Å²) in [6, 6.07) is 5.30. The van der Waals surface area contributed by atoms with E-state index in [9.17, 15) is 4.79 Å². The van der Waals surface area contributed by atoms with Gasteiger partial charge in [0.25, 0.3) is 5.56 Å². The van der Waals surface area contributed by atoms with Gasteiger partial charge in [-0.25, -0.2) is 0 Å². The Hall–Kier alpha value is -1.41. The average Bonchev–Trinajstić information content (AvgIpc) is 3.14. The number of rotatable bonds is 3. The van der Waals surface area contributed by atoms with Crippen LogP contribution < -0.4 is 16.2 Å². The number of piperidine rings is 1. The molecular weight excluding hydrogens is 419 g/mol. The predicted molar refractivity (Wildman–Crippen MR) is 114 cm³/mol. The second-order valence-electron chi connectivity index (χ2n) is 7.43. The van der Waals surface area contributed by atoms with Crippen molar-refractivity contribution in [2.24, 2.45) is 12.5 Å². The first-order valence-corrected chi connectivity index (χ1v) is 10.8. The van der Waals surface area contributed by atoms with Crippen LogP contribution in [0.3, 0.4) is 0 Å². The molecule has 1 spiro atoms. The van der Waals surface area contributed by atoms with Crippen LogP contribution in [0, 0.1) is 5.41 Å². The van der Waals surface area contributed by atoms with Crippen LogP contribution in [-0.4, -0.2) is 35.9 Å². The Morgan fingerprint density at radius 3 is 2.68 bits per heavy atom. The van der Waals surface area contributed by atoms with Gasteiger partial charge in [0.1, 0.15) is 10.7 Å². The Kier molecular flexibility index (Phi) is 5.53. The highest BCUT2D eigenvalue weighted by atomic mass is 35.5. The fraction of sp³-hybridized carbons (Fsp3) is 0.474. The van der Waals surface area contributed by atoms with Gasteiger partial charge in [0.15, 0.2) is 0 Å². The zero-order chi connectivity index (χ0) is 19.9. The van der Waals surface area contributed by atoms with E-state index in [1.54, 1.807) is 29.8 Å². The standard InChI is InChI=1S/C19H22Cl2N4O2S/c1-24-17(26)15(28-13-4-2-3-12(20)14(13)21)16(22)23-18(24)25-8-5-19(6-9-25)7-10-27-11-19/h2-4H,5-11,22H2,1H3. The van der Waals surface area contributed by atoms with Gasteiger partial charge >= 0.3 is 0 Å². The third-order valence-corrected chi connectivity index (χ3v) is 7.75. The van der Waals surface area contributed by atoms with Crippen molar-refractivity contribution in [1.29, 1.82) is 0 Å². The van der Waals surface area contributed by atoms with Gasteiger partial charge in [-0.15, -0.1) is 0 Å². The predicted octanol–water partition coefficient (Wildman–Crippen LogP) is 3.83. The maximum absolute atomic E-state index is 13.0. The van der Waals surface area contributed by atoms with Crippen LogP contribution in [0.5, 0.6) is 0 Å². The topological polar surface area (TPSA) is 73.4 Å². The van der Waals surface area contributed by atoms with Crippen molar-refractivity contribution in [3.05, 3.63) is 38.6 Å². The number of nitrogens with two attached hydrogens (primary N) is 1. The Morgan fingerprint density at radius 1 is 1.25 bits per heavy atom. The first-order chi connectivity index (χ1) is 13.4. The molecule has 0 radical (unpaired) electrons. The summed E-state index contributed by atoms with van der Waals surface area (Å²) in [6.45, 7) is 3.37. The van der Waals surface area contributed by atoms with Gasteiger partial charge in [-0.2, -0.15) is 4.98 Å². The van der Waals surface area contributed by atoms with Gasteiger partial charge in [-0.3, -0.25) is 9.36 Å². The molecule has 2 saturated heterocycles. The van der Waals surface area contributed by atoms with Crippen LogP contribution in [0.4, 0.5) is 11.8 Å². The molecule has 1 aromatic carbocycles. The number of anilines is 2. The summed E-state index contributed by atoms with van der Waals surface area (Å²) >= 11 is 13.5. The molecule has 0 bridgehead atoms. The molecule has 0 amide bonds. The smallest absolute Gasteiger partial charge is 0.270 e.